The number of aliphatic hydroxyl groups is 1. The lowest BCUT2D eigenvalue weighted by atomic mass is 10.0. The minimum absolute atomic E-state index is 0.0165. The number of hydrogen-bond acceptors (Lipinski definition) is 3. The molecular formula is C12H24N2O2. The van der Waals surface area contributed by atoms with Gasteiger partial charge in [-0.15, -0.1) is 0 Å². The Kier molecular flexibility index (Phi) is 6.42. The zero-order chi connectivity index (χ0) is 11.8. The van der Waals surface area contributed by atoms with Crippen LogP contribution in [0, 0.1) is 0 Å². The van der Waals surface area contributed by atoms with Gasteiger partial charge in [0, 0.05) is 13.1 Å². The van der Waals surface area contributed by atoms with Crippen molar-refractivity contribution >= 4 is 5.91 Å². The van der Waals surface area contributed by atoms with E-state index in [1.165, 1.54) is 6.42 Å². The summed E-state index contributed by atoms with van der Waals surface area (Å²) in [5.41, 5.74) is 0. The van der Waals surface area contributed by atoms with Gasteiger partial charge in [0.15, 0.2) is 0 Å². The third kappa shape index (κ3) is 4.10. The molecule has 0 aliphatic carbocycles. The minimum Gasteiger partial charge on any atom is -0.395 e. The van der Waals surface area contributed by atoms with Crippen molar-refractivity contribution < 1.29 is 9.90 Å². The lowest BCUT2D eigenvalue weighted by molar-refractivity contribution is -0.134. The van der Waals surface area contributed by atoms with Crippen LogP contribution < -0.4 is 5.32 Å². The summed E-state index contributed by atoms with van der Waals surface area (Å²) < 4.78 is 0. The van der Waals surface area contributed by atoms with E-state index >= 15 is 0 Å². The topological polar surface area (TPSA) is 52.6 Å². The van der Waals surface area contributed by atoms with Crippen molar-refractivity contribution in [3.05, 3.63) is 0 Å². The molecule has 1 atom stereocenters. The molecular weight excluding hydrogens is 204 g/mol. The van der Waals surface area contributed by atoms with Gasteiger partial charge in [-0.2, -0.15) is 0 Å². The molecule has 0 spiro atoms. The third-order valence-corrected chi connectivity index (χ3v) is 3.07. The molecule has 1 saturated heterocycles. The number of rotatable bonds is 6. The fourth-order valence-electron chi connectivity index (χ4n) is 2.08. The number of unbranched alkanes of at least 4 members (excludes halogenated alkanes) is 1. The maximum absolute atomic E-state index is 12.1. The molecule has 4 nitrogen and oxygen atoms in total. The second kappa shape index (κ2) is 7.63. The number of carbonyl (C=O) groups excluding carboxylic acids is 1. The first-order chi connectivity index (χ1) is 7.79. The van der Waals surface area contributed by atoms with Gasteiger partial charge in [-0.1, -0.05) is 19.8 Å². The molecule has 1 heterocycles. The molecule has 1 unspecified atom stereocenters. The molecule has 0 aromatic carbocycles. The third-order valence-electron chi connectivity index (χ3n) is 3.07. The molecule has 1 fully saturated rings. The molecule has 1 amide bonds. The van der Waals surface area contributed by atoms with Gasteiger partial charge >= 0.3 is 0 Å². The Morgan fingerprint density at radius 3 is 2.81 bits per heavy atom. The summed E-state index contributed by atoms with van der Waals surface area (Å²) in [6, 6.07) is -0.0165. The zero-order valence-electron chi connectivity index (χ0n) is 10.2. The summed E-state index contributed by atoms with van der Waals surface area (Å²) in [5, 5.41) is 12.2. The first-order valence-electron chi connectivity index (χ1n) is 6.42. The Morgan fingerprint density at radius 1 is 1.44 bits per heavy atom. The fourth-order valence-corrected chi connectivity index (χ4v) is 2.08. The van der Waals surface area contributed by atoms with Crippen LogP contribution in [0.2, 0.25) is 0 Å². The summed E-state index contributed by atoms with van der Waals surface area (Å²) in [7, 11) is 0. The molecule has 0 saturated carbocycles. The van der Waals surface area contributed by atoms with Gasteiger partial charge in [0.2, 0.25) is 5.91 Å². The van der Waals surface area contributed by atoms with Crippen molar-refractivity contribution in [1.29, 1.82) is 0 Å². The second-order valence-corrected chi connectivity index (χ2v) is 4.40. The lowest BCUT2D eigenvalue weighted by Crippen LogP contribution is -2.49. The van der Waals surface area contributed by atoms with E-state index in [9.17, 15) is 4.79 Å². The van der Waals surface area contributed by atoms with E-state index in [1.54, 1.807) is 4.90 Å². The Hall–Kier alpha value is -0.610. The minimum atomic E-state index is -0.0165. The summed E-state index contributed by atoms with van der Waals surface area (Å²) in [5.74, 6) is 0.169. The Labute approximate surface area is 98.0 Å². The van der Waals surface area contributed by atoms with Crippen molar-refractivity contribution in [1.82, 2.24) is 10.2 Å². The molecule has 1 rings (SSSR count). The van der Waals surface area contributed by atoms with E-state index in [1.807, 2.05) is 0 Å². The van der Waals surface area contributed by atoms with Crippen LogP contribution in [0.25, 0.3) is 0 Å². The maximum Gasteiger partial charge on any atom is 0.239 e. The highest BCUT2D eigenvalue weighted by atomic mass is 16.3. The maximum atomic E-state index is 12.1. The monoisotopic (exact) mass is 228 g/mol. The number of nitrogens with zero attached hydrogens (tertiary/aromatic N) is 1. The quantitative estimate of drug-likeness (QED) is 0.705. The predicted molar refractivity (Wildman–Crippen MR) is 64.2 cm³/mol. The van der Waals surface area contributed by atoms with E-state index in [0.29, 0.717) is 6.54 Å². The Balaban J connectivity index is 2.44. The molecule has 4 heteroatoms. The molecule has 0 radical (unpaired) electrons. The number of carbonyl (C=O) groups is 1. The standard InChI is InChI=1S/C12H24N2O2/c1-2-3-8-14(9-10-15)12(16)11-6-4-5-7-13-11/h11,13,15H,2-10H2,1H3. The van der Waals surface area contributed by atoms with Crippen LogP contribution in [-0.4, -0.2) is 48.2 Å². The molecule has 2 N–H and O–H groups in total. The van der Waals surface area contributed by atoms with E-state index in [0.717, 1.165) is 38.8 Å². The van der Waals surface area contributed by atoms with Crippen molar-refractivity contribution in [2.45, 2.75) is 45.1 Å². The number of aliphatic hydroxyl groups excluding tert-OH is 1. The molecule has 94 valence electrons. The predicted octanol–water partition coefficient (Wildman–Crippen LogP) is 0.750. The van der Waals surface area contributed by atoms with Gasteiger partial charge in [-0.05, 0) is 25.8 Å². The van der Waals surface area contributed by atoms with Gasteiger partial charge < -0.3 is 15.3 Å². The van der Waals surface area contributed by atoms with Crippen LogP contribution in [0.1, 0.15) is 39.0 Å². The van der Waals surface area contributed by atoms with Gasteiger partial charge in [0.05, 0.1) is 12.6 Å². The summed E-state index contributed by atoms with van der Waals surface area (Å²) in [4.78, 5) is 13.9. The average molecular weight is 228 g/mol. The first-order valence-corrected chi connectivity index (χ1v) is 6.42. The second-order valence-electron chi connectivity index (χ2n) is 4.40. The van der Waals surface area contributed by atoms with Crippen LogP contribution in [-0.2, 0) is 4.79 Å². The number of hydrogen-bond donors (Lipinski definition) is 2. The Morgan fingerprint density at radius 2 is 2.25 bits per heavy atom. The van der Waals surface area contributed by atoms with Crippen molar-refractivity contribution in [2.75, 3.05) is 26.2 Å². The lowest BCUT2D eigenvalue weighted by Gasteiger charge is -2.29. The molecule has 1 aliphatic rings. The highest BCUT2D eigenvalue weighted by molar-refractivity contribution is 5.82. The highest BCUT2D eigenvalue weighted by Gasteiger charge is 2.24. The SMILES string of the molecule is CCCCN(CCO)C(=O)C1CCCCN1. The smallest absolute Gasteiger partial charge is 0.239 e. The molecule has 0 aromatic rings. The van der Waals surface area contributed by atoms with Gasteiger partial charge in [-0.25, -0.2) is 0 Å². The van der Waals surface area contributed by atoms with Crippen molar-refractivity contribution in [3.63, 3.8) is 0 Å². The van der Waals surface area contributed by atoms with Crippen LogP contribution in [0.5, 0.6) is 0 Å². The largest absolute Gasteiger partial charge is 0.395 e. The fraction of sp³-hybridized carbons (Fsp3) is 0.917. The number of nitrogens with one attached hydrogen (secondary N) is 1. The normalized spacial score (nSPS) is 20.8. The molecule has 0 aromatic heterocycles. The van der Waals surface area contributed by atoms with E-state index in [-0.39, 0.29) is 18.6 Å². The summed E-state index contributed by atoms with van der Waals surface area (Å²) in [6.45, 7) is 4.35. The van der Waals surface area contributed by atoms with E-state index < -0.39 is 0 Å². The molecule has 0 bridgehead atoms. The van der Waals surface area contributed by atoms with Gasteiger partial charge in [0.25, 0.3) is 0 Å². The van der Waals surface area contributed by atoms with Crippen LogP contribution in [0.15, 0.2) is 0 Å². The van der Waals surface area contributed by atoms with Gasteiger partial charge in [-0.3, -0.25) is 4.79 Å². The van der Waals surface area contributed by atoms with Gasteiger partial charge in [0.1, 0.15) is 0 Å². The summed E-state index contributed by atoms with van der Waals surface area (Å²) >= 11 is 0. The van der Waals surface area contributed by atoms with Crippen LogP contribution in [0.4, 0.5) is 0 Å². The van der Waals surface area contributed by atoms with Crippen molar-refractivity contribution in [2.24, 2.45) is 0 Å². The van der Waals surface area contributed by atoms with Crippen molar-refractivity contribution in [3.8, 4) is 0 Å². The van der Waals surface area contributed by atoms with Crippen LogP contribution in [0.3, 0.4) is 0 Å². The number of piperidine rings is 1. The average Bonchev–Trinajstić information content (AvgIpc) is 2.35. The van der Waals surface area contributed by atoms with Crippen LogP contribution >= 0.6 is 0 Å². The van der Waals surface area contributed by atoms with E-state index in [4.69, 9.17) is 5.11 Å². The van der Waals surface area contributed by atoms with E-state index in [2.05, 4.69) is 12.2 Å². The number of amides is 1. The molecule has 1 aliphatic heterocycles. The first kappa shape index (κ1) is 13.5. The molecule has 16 heavy (non-hydrogen) atoms. The Bertz CT molecular complexity index is 203. The summed E-state index contributed by atoms with van der Waals surface area (Å²) in [6.07, 6.45) is 5.32. The zero-order valence-corrected chi connectivity index (χ0v) is 10.2. The highest BCUT2D eigenvalue weighted by Crippen LogP contribution is 2.10.